The number of carbonyl (C=O) groups is 1. The van der Waals surface area contributed by atoms with Crippen LogP contribution in [0.25, 0.3) is 5.57 Å². The van der Waals surface area contributed by atoms with Crippen molar-refractivity contribution < 1.29 is 9.53 Å². The Morgan fingerprint density at radius 3 is 2.57 bits per heavy atom. The number of rotatable bonds is 2. The van der Waals surface area contributed by atoms with Gasteiger partial charge in [0.1, 0.15) is 0 Å². The third kappa shape index (κ3) is 2.92. The molecule has 0 aliphatic rings. The summed E-state index contributed by atoms with van der Waals surface area (Å²) in [5.41, 5.74) is 4.83. The van der Waals surface area contributed by atoms with Crippen molar-refractivity contribution in [2.75, 3.05) is 7.11 Å². The van der Waals surface area contributed by atoms with Gasteiger partial charge in [-0.3, -0.25) is 0 Å². The van der Waals surface area contributed by atoms with E-state index in [0.717, 1.165) is 11.1 Å². The summed E-state index contributed by atoms with van der Waals surface area (Å²) in [4.78, 5) is 10.8. The highest BCUT2D eigenvalue weighted by Crippen LogP contribution is 2.10. The quantitative estimate of drug-likeness (QED) is 0.404. The Morgan fingerprint density at radius 2 is 2.00 bits per heavy atom. The molecule has 14 heavy (non-hydrogen) atoms. The van der Waals surface area contributed by atoms with Crippen molar-refractivity contribution in [3.63, 3.8) is 0 Å². The second kappa shape index (κ2) is 5.05. The second-order valence-corrected chi connectivity index (χ2v) is 2.80. The summed E-state index contributed by atoms with van der Waals surface area (Å²) in [6.07, 6.45) is 1.29. The molecule has 0 aromatic heterocycles. The first kappa shape index (κ1) is 10.3. The lowest BCUT2D eigenvalue weighted by Gasteiger charge is -1.95. The molecular weight excluding hydrogens is 176 g/mol. The van der Waals surface area contributed by atoms with Crippen LogP contribution in [-0.4, -0.2) is 13.1 Å². The van der Waals surface area contributed by atoms with Gasteiger partial charge in [0.2, 0.25) is 0 Å². The van der Waals surface area contributed by atoms with Gasteiger partial charge in [-0.2, -0.15) is 0 Å². The van der Waals surface area contributed by atoms with Crippen molar-refractivity contribution in [2.45, 2.75) is 6.92 Å². The molecule has 0 bridgehead atoms. The van der Waals surface area contributed by atoms with Crippen LogP contribution in [0.2, 0.25) is 0 Å². The number of carbonyl (C=O) groups excluding carboxylic acids is 1. The Balaban J connectivity index is 2.90. The number of hydrogen-bond donors (Lipinski definition) is 0. The molecule has 0 saturated carbocycles. The Hall–Kier alpha value is -1.79. The zero-order valence-electron chi connectivity index (χ0n) is 8.28. The van der Waals surface area contributed by atoms with E-state index in [0.29, 0.717) is 0 Å². The molecule has 2 heteroatoms. The molecule has 0 saturated heterocycles. The normalized spacial score (nSPS) is 8.71. The number of esters is 1. The summed E-state index contributed by atoms with van der Waals surface area (Å²) >= 11 is 0. The average molecular weight is 188 g/mol. The summed E-state index contributed by atoms with van der Waals surface area (Å²) in [6, 6.07) is 9.76. The van der Waals surface area contributed by atoms with Crippen LogP contribution >= 0.6 is 0 Å². The van der Waals surface area contributed by atoms with Crippen LogP contribution in [0.3, 0.4) is 0 Å². The summed E-state index contributed by atoms with van der Waals surface area (Å²) in [7, 11) is 1.35. The van der Waals surface area contributed by atoms with Gasteiger partial charge < -0.3 is 4.74 Å². The smallest absolute Gasteiger partial charge is 0.338 e. The number of hydrogen-bond acceptors (Lipinski definition) is 2. The monoisotopic (exact) mass is 188 g/mol. The van der Waals surface area contributed by atoms with E-state index in [1.165, 1.54) is 13.2 Å². The molecule has 1 aromatic rings. The standard InChI is InChI=1S/C12H12O2/c1-10(8-9-12(13)14-2)11-6-4-3-5-7-11/h3-7,9H,1-2H3. The molecule has 0 aliphatic heterocycles. The summed E-state index contributed by atoms with van der Waals surface area (Å²) in [6.45, 7) is 1.90. The van der Waals surface area contributed by atoms with Gasteiger partial charge in [0, 0.05) is 0 Å². The van der Waals surface area contributed by atoms with Crippen molar-refractivity contribution in [1.29, 1.82) is 0 Å². The van der Waals surface area contributed by atoms with Crippen LogP contribution in [0.15, 0.2) is 42.1 Å². The van der Waals surface area contributed by atoms with E-state index in [2.05, 4.69) is 10.5 Å². The maximum atomic E-state index is 10.8. The molecule has 2 nitrogen and oxygen atoms in total. The summed E-state index contributed by atoms with van der Waals surface area (Å²) in [5, 5.41) is 0. The summed E-state index contributed by atoms with van der Waals surface area (Å²) in [5.74, 6) is -0.389. The molecule has 0 unspecified atom stereocenters. The van der Waals surface area contributed by atoms with Crippen molar-refractivity contribution in [3.8, 4) is 0 Å². The Bertz CT molecular complexity index is 371. The van der Waals surface area contributed by atoms with E-state index in [4.69, 9.17) is 0 Å². The number of methoxy groups -OCH3 is 1. The first-order chi connectivity index (χ1) is 6.74. The largest absolute Gasteiger partial charge is 0.465 e. The Morgan fingerprint density at radius 1 is 1.36 bits per heavy atom. The fourth-order valence-electron chi connectivity index (χ4n) is 0.998. The lowest BCUT2D eigenvalue weighted by atomic mass is 10.1. The molecule has 72 valence electrons. The third-order valence-corrected chi connectivity index (χ3v) is 1.81. The minimum Gasteiger partial charge on any atom is -0.465 e. The van der Waals surface area contributed by atoms with Crippen molar-refractivity contribution in [3.05, 3.63) is 47.7 Å². The highest BCUT2D eigenvalue weighted by Gasteiger charge is 1.92. The molecule has 0 atom stereocenters. The lowest BCUT2D eigenvalue weighted by molar-refractivity contribution is -0.134. The second-order valence-electron chi connectivity index (χ2n) is 2.80. The number of benzene rings is 1. The third-order valence-electron chi connectivity index (χ3n) is 1.81. The van der Waals surface area contributed by atoms with Crippen LogP contribution in [0, 0.1) is 0 Å². The highest BCUT2D eigenvalue weighted by atomic mass is 16.5. The van der Waals surface area contributed by atoms with E-state index in [9.17, 15) is 4.79 Å². The van der Waals surface area contributed by atoms with Crippen LogP contribution in [0.5, 0.6) is 0 Å². The molecule has 1 aromatic carbocycles. The first-order valence-electron chi connectivity index (χ1n) is 4.30. The van der Waals surface area contributed by atoms with Gasteiger partial charge in [-0.1, -0.05) is 30.3 Å². The predicted octanol–water partition coefficient (Wildman–Crippen LogP) is 2.42. The van der Waals surface area contributed by atoms with Crippen molar-refractivity contribution in [2.24, 2.45) is 0 Å². The van der Waals surface area contributed by atoms with Gasteiger partial charge in [0.05, 0.1) is 13.2 Å². The van der Waals surface area contributed by atoms with E-state index >= 15 is 0 Å². The maximum absolute atomic E-state index is 10.8. The average Bonchev–Trinajstić information content (AvgIpc) is 2.26. The van der Waals surface area contributed by atoms with Gasteiger partial charge in [-0.25, -0.2) is 4.79 Å². The van der Waals surface area contributed by atoms with Gasteiger partial charge in [0.15, 0.2) is 0 Å². The van der Waals surface area contributed by atoms with E-state index < -0.39 is 0 Å². The minimum atomic E-state index is -0.389. The van der Waals surface area contributed by atoms with Crippen molar-refractivity contribution in [1.82, 2.24) is 0 Å². The zero-order chi connectivity index (χ0) is 10.4. The Kier molecular flexibility index (Phi) is 3.71. The molecule has 0 fully saturated rings. The van der Waals surface area contributed by atoms with Gasteiger partial charge in [-0.05, 0) is 18.1 Å². The predicted molar refractivity (Wildman–Crippen MR) is 55.6 cm³/mol. The van der Waals surface area contributed by atoms with E-state index in [-0.39, 0.29) is 5.97 Å². The molecule has 0 radical (unpaired) electrons. The van der Waals surface area contributed by atoms with Crippen LogP contribution < -0.4 is 0 Å². The topological polar surface area (TPSA) is 26.3 Å². The fraction of sp³-hybridized carbons (Fsp3) is 0.167. The van der Waals surface area contributed by atoms with Crippen LogP contribution in [0.4, 0.5) is 0 Å². The van der Waals surface area contributed by atoms with E-state index in [1.54, 1.807) is 0 Å². The molecule has 0 amide bonds. The molecule has 0 aliphatic carbocycles. The minimum absolute atomic E-state index is 0.389. The lowest BCUT2D eigenvalue weighted by Crippen LogP contribution is -1.92. The SMILES string of the molecule is COC(=O)C=C=C(C)c1ccccc1. The first-order valence-corrected chi connectivity index (χ1v) is 4.30. The van der Waals surface area contributed by atoms with E-state index in [1.807, 2.05) is 37.3 Å². The van der Waals surface area contributed by atoms with Gasteiger partial charge in [-0.15, -0.1) is 5.73 Å². The fourth-order valence-corrected chi connectivity index (χ4v) is 0.998. The molecular formula is C12H12O2. The molecule has 0 N–H and O–H groups in total. The van der Waals surface area contributed by atoms with Gasteiger partial charge >= 0.3 is 5.97 Å². The summed E-state index contributed by atoms with van der Waals surface area (Å²) < 4.78 is 4.47. The zero-order valence-corrected chi connectivity index (χ0v) is 8.28. The molecule has 0 spiro atoms. The van der Waals surface area contributed by atoms with Crippen molar-refractivity contribution >= 4 is 11.5 Å². The molecule has 1 rings (SSSR count). The Labute approximate surface area is 83.5 Å². The van der Waals surface area contributed by atoms with Crippen LogP contribution in [0.1, 0.15) is 12.5 Å². The van der Waals surface area contributed by atoms with Gasteiger partial charge in [0.25, 0.3) is 0 Å². The maximum Gasteiger partial charge on any atom is 0.338 e. The van der Waals surface area contributed by atoms with Crippen LogP contribution in [-0.2, 0) is 9.53 Å². The highest BCUT2D eigenvalue weighted by molar-refractivity contribution is 5.83. The molecule has 0 heterocycles. The number of ether oxygens (including phenoxy) is 1.